The summed E-state index contributed by atoms with van der Waals surface area (Å²) in [5, 5.41) is 8.63. The van der Waals surface area contributed by atoms with Crippen molar-refractivity contribution in [2.75, 3.05) is 12.4 Å². The van der Waals surface area contributed by atoms with Crippen LogP contribution < -0.4 is 5.73 Å². The summed E-state index contributed by atoms with van der Waals surface area (Å²) >= 11 is 1.76. The van der Waals surface area contributed by atoms with Crippen LogP contribution in [-0.4, -0.2) is 17.5 Å². The summed E-state index contributed by atoms with van der Waals surface area (Å²) in [6, 6.07) is 8.39. The van der Waals surface area contributed by atoms with E-state index in [0.717, 1.165) is 17.7 Å². The number of rotatable bonds is 5. The second-order valence-electron chi connectivity index (χ2n) is 3.28. The van der Waals surface area contributed by atoms with Gasteiger partial charge in [0.15, 0.2) is 0 Å². The standard InChI is InChI=1S/C11H17NOS/c1-9(12)10-3-5-11(6-4-10)14-8-2-7-13/h3-6,9,13H,2,7-8,12H2,1H3/t9-/m0/s1. The van der Waals surface area contributed by atoms with Crippen LogP contribution in [0.25, 0.3) is 0 Å². The zero-order chi connectivity index (χ0) is 10.4. The van der Waals surface area contributed by atoms with Crippen molar-refractivity contribution in [1.29, 1.82) is 0 Å². The summed E-state index contributed by atoms with van der Waals surface area (Å²) in [4.78, 5) is 1.24. The minimum atomic E-state index is 0.103. The molecule has 2 nitrogen and oxygen atoms in total. The lowest BCUT2D eigenvalue weighted by molar-refractivity contribution is 0.296. The number of benzene rings is 1. The van der Waals surface area contributed by atoms with E-state index in [1.165, 1.54) is 4.90 Å². The van der Waals surface area contributed by atoms with Crippen molar-refractivity contribution in [3.63, 3.8) is 0 Å². The number of hydrogen-bond donors (Lipinski definition) is 2. The highest BCUT2D eigenvalue weighted by Gasteiger charge is 1.99. The minimum absolute atomic E-state index is 0.103. The van der Waals surface area contributed by atoms with E-state index in [1.54, 1.807) is 11.8 Å². The molecule has 0 heterocycles. The maximum absolute atomic E-state index is 8.63. The predicted molar refractivity (Wildman–Crippen MR) is 61.5 cm³/mol. The van der Waals surface area contributed by atoms with Crippen LogP contribution >= 0.6 is 11.8 Å². The van der Waals surface area contributed by atoms with Crippen molar-refractivity contribution in [3.8, 4) is 0 Å². The summed E-state index contributed by atoms with van der Waals surface area (Å²) in [5.74, 6) is 0.966. The minimum Gasteiger partial charge on any atom is -0.396 e. The molecule has 1 atom stereocenters. The Morgan fingerprint density at radius 1 is 1.36 bits per heavy atom. The Balaban J connectivity index is 2.47. The first-order valence-corrected chi connectivity index (χ1v) is 5.82. The van der Waals surface area contributed by atoms with Crippen LogP contribution in [0.1, 0.15) is 24.9 Å². The molecule has 3 heteroatoms. The van der Waals surface area contributed by atoms with Gasteiger partial charge < -0.3 is 10.8 Å². The van der Waals surface area contributed by atoms with Crippen molar-refractivity contribution in [2.24, 2.45) is 5.73 Å². The van der Waals surface area contributed by atoms with Crippen molar-refractivity contribution in [3.05, 3.63) is 29.8 Å². The van der Waals surface area contributed by atoms with Crippen LogP contribution in [0, 0.1) is 0 Å². The van der Waals surface area contributed by atoms with Gasteiger partial charge in [-0.3, -0.25) is 0 Å². The van der Waals surface area contributed by atoms with E-state index >= 15 is 0 Å². The number of thioether (sulfide) groups is 1. The molecule has 1 aromatic rings. The molecule has 0 aromatic heterocycles. The molecule has 14 heavy (non-hydrogen) atoms. The van der Waals surface area contributed by atoms with Gasteiger partial charge in [-0.15, -0.1) is 11.8 Å². The molecular formula is C11H17NOS. The first-order valence-electron chi connectivity index (χ1n) is 4.83. The largest absolute Gasteiger partial charge is 0.396 e. The maximum Gasteiger partial charge on any atom is 0.0439 e. The van der Waals surface area contributed by atoms with Gasteiger partial charge in [-0.25, -0.2) is 0 Å². The van der Waals surface area contributed by atoms with E-state index in [1.807, 2.05) is 6.92 Å². The highest BCUT2D eigenvalue weighted by Crippen LogP contribution is 2.20. The van der Waals surface area contributed by atoms with E-state index in [2.05, 4.69) is 24.3 Å². The Kier molecular flexibility index (Phi) is 5.01. The molecule has 0 fully saturated rings. The van der Waals surface area contributed by atoms with E-state index in [0.29, 0.717) is 0 Å². The van der Waals surface area contributed by atoms with Gasteiger partial charge in [-0.1, -0.05) is 12.1 Å². The maximum atomic E-state index is 8.63. The zero-order valence-electron chi connectivity index (χ0n) is 8.44. The van der Waals surface area contributed by atoms with Crippen LogP contribution in [0.4, 0.5) is 0 Å². The van der Waals surface area contributed by atoms with Gasteiger partial charge in [-0.2, -0.15) is 0 Å². The van der Waals surface area contributed by atoms with Crippen molar-refractivity contribution < 1.29 is 5.11 Å². The Morgan fingerprint density at radius 2 is 2.00 bits per heavy atom. The smallest absolute Gasteiger partial charge is 0.0439 e. The van der Waals surface area contributed by atoms with Crippen molar-refractivity contribution in [1.82, 2.24) is 0 Å². The van der Waals surface area contributed by atoms with Gasteiger partial charge in [0.1, 0.15) is 0 Å². The van der Waals surface area contributed by atoms with E-state index in [-0.39, 0.29) is 12.6 Å². The third-order valence-electron chi connectivity index (χ3n) is 1.98. The SMILES string of the molecule is C[C@H](N)c1ccc(SCCCO)cc1. The van der Waals surface area contributed by atoms with Gasteiger partial charge in [0, 0.05) is 23.3 Å². The third kappa shape index (κ3) is 3.70. The molecule has 0 saturated carbocycles. The fourth-order valence-electron chi connectivity index (χ4n) is 1.12. The molecular weight excluding hydrogens is 194 g/mol. The quantitative estimate of drug-likeness (QED) is 0.579. The molecule has 0 unspecified atom stereocenters. The molecule has 0 radical (unpaired) electrons. The van der Waals surface area contributed by atoms with Gasteiger partial charge in [-0.05, 0) is 31.0 Å². The molecule has 78 valence electrons. The number of aliphatic hydroxyl groups is 1. The average molecular weight is 211 g/mol. The van der Waals surface area contributed by atoms with Gasteiger partial charge >= 0.3 is 0 Å². The second-order valence-corrected chi connectivity index (χ2v) is 4.45. The Labute approximate surface area is 89.5 Å². The fourth-order valence-corrected chi connectivity index (χ4v) is 1.96. The number of nitrogens with two attached hydrogens (primary N) is 1. The van der Waals surface area contributed by atoms with Crippen molar-refractivity contribution in [2.45, 2.75) is 24.3 Å². The molecule has 0 aliphatic heterocycles. The van der Waals surface area contributed by atoms with Gasteiger partial charge in [0.05, 0.1) is 0 Å². The summed E-state index contributed by atoms with van der Waals surface area (Å²) in [7, 11) is 0. The first-order chi connectivity index (χ1) is 6.74. The molecule has 3 N–H and O–H groups in total. The summed E-state index contributed by atoms with van der Waals surface area (Å²) in [6.07, 6.45) is 0.847. The van der Waals surface area contributed by atoms with Crippen molar-refractivity contribution >= 4 is 11.8 Å². The lowest BCUT2D eigenvalue weighted by atomic mass is 10.1. The fraction of sp³-hybridized carbons (Fsp3) is 0.455. The number of hydrogen-bond acceptors (Lipinski definition) is 3. The predicted octanol–water partition coefficient (Wildman–Crippen LogP) is 2.18. The summed E-state index contributed by atoms with van der Waals surface area (Å²) < 4.78 is 0. The van der Waals surface area contributed by atoms with E-state index < -0.39 is 0 Å². The topological polar surface area (TPSA) is 46.2 Å². The zero-order valence-corrected chi connectivity index (χ0v) is 9.26. The molecule has 0 bridgehead atoms. The van der Waals surface area contributed by atoms with Crippen LogP contribution in [0.5, 0.6) is 0 Å². The van der Waals surface area contributed by atoms with Crippen LogP contribution in [0.3, 0.4) is 0 Å². The van der Waals surface area contributed by atoms with Crippen LogP contribution in [0.15, 0.2) is 29.2 Å². The molecule has 0 spiro atoms. The molecule has 0 aliphatic rings. The van der Waals surface area contributed by atoms with Crippen LogP contribution in [-0.2, 0) is 0 Å². The molecule has 1 aromatic carbocycles. The molecule has 0 aliphatic carbocycles. The van der Waals surface area contributed by atoms with E-state index in [9.17, 15) is 0 Å². The lowest BCUT2D eigenvalue weighted by Gasteiger charge is -2.06. The summed E-state index contributed by atoms with van der Waals surface area (Å²) in [5.41, 5.74) is 6.91. The second kappa shape index (κ2) is 6.06. The van der Waals surface area contributed by atoms with E-state index in [4.69, 9.17) is 10.8 Å². The Morgan fingerprint density at radius 3 is 2.50 bits per heavy atom. The third-order valence-corrected chi connectivity index (χ3v) is 3.08. The van der Waals surface area contributed by atoms with Crippen LogP contribution in [0.2, 0.25) is 0 Å². The number of aliphatic hydroxyl groups excluding tert-OH is 1. The normalized spacial score (nSPS) is 12.8. The molecule has 1 rings (SSSR count). The molecule has 0 amide bonds. The Bertz CT molecular complexity index is 258. The average Bonchev–Trinajstić information content (AvgIpc) is 2.19. The molecule has 0 saturated heterocycles. The highest BCUT2D eigenvalue weighted by molar-refractivity contribution is 7.99. The Hall–Kier alpha value is -0.510. The first kappa shape index (κ1) is 11.6. The van der Waals surface area contributed by atoms with Gasteiger partial charge in [0.2, 0.25) is 0 Å². The highest BCUT2D eigenvalue weighted by atomic mass is 32.2. The van der Waals surface area contributed by atoms with Gasteiger partial charge in [0.25, 0.3) is 0 Å². The lowest BCUT2D eigenvalue weighted by Crippen LogP contribution is -2.04. The summed E-state index contributed by atoms with van der Waals surface area (Å²) in [6.45, 7) is 2.25. The monoisotopic (exact) mass is 211 g/mol.